The van der Waals surface area contributed by atoms with Gasteiger partial charge >= 0.3 is 18.1 Å². The maximum absolute atomic E-state index is 12.8. The minimum absolute atomic E-state index is 0.0453. The van der Waals surface area contributed by atoms with E-state index in [1.165, 1.54) is 17.5 Å². The van der Waals surface area contributed by atoms with E-state index in [0.717, 1.165) is 5.56 Å². The van der Waals surface area contributed by atoms with Crippen LogP contribution >= 0.6 is 22.9 Å². The molecule has 1 atom stereocenters. The molecule has 0 fully saturated rings. The monoisotopic (exact) mass is 585 g/mol. The molecule has 39 heavy (non-hydrogen) atoms. The van der Waals surface area contributed by atoms with Crippen molar-refractivity contribution in [3.63, 3.8) is 0 Å². The number of aromatic nitrogens is 2. The minimum atomic E-state index is -5.33. The highest BCUT2D eigenvalue weighted by Gasteiger charge is 2.43. The Hall–Kier alpha value is -3.55. The number of nitrogens with zero attached hydrogens (tertiary/aromatic N) is 2. The highest BCUT2D eigenvalue weighted by atomic mass is 35.5. The quantitative estimate of drug-likeness (QED) is 0.276. The van der Waals surface area contributed by atoms with Crippen LogP contribution in [0.5, 0.6) is 0 Å². The van der Waals surface area contributed by atoms with Crippen molar-refractivity contribution in [1.82, 2.24) is 15.3 Å². The molecule has 0 bridgehead atoms. The fourth-order valence-electron chi connectivity index (χ4n) is 3.24. The molecule has 2 heterocycles. The summed E-state index contributed by atoms with van der Waals surface area (Å²) in [5.41, 5.74) is 2.34. The number of benzene rings is 1. The number of aryl methyl sites for hydroxylation is 1. The number of amides is 1. The normalized spacial score (nSPS) is 12.2. The van der Waals surface area contributed by atoms with E-state index in [1.807, 2.05) is 12.1 Å². The average molecular weight is 586 g/mol. The Morgan fingerprint density at radius 2 is 1.79 bits per heavy atom. The zero-order valence-corrected chi connectivity index (χ0v) is 22.4. The number of pyridine rings is 1. The number of carbonyl (C=O) groups is 3. The van der Waals surface area contributed by atoms with Crippen molar-refractivity contribution in [2.75, 3.05) is 0 Å². The number of nitrogens with one attached hydrogen (secondary N) is 1. The molecule has 2 aromatic heterocycles. The first-order valence-corrected chi connectivity index (χ1v) is 12.6. The third kappa shape index (κ3) is 8.73. The Bertz CT molecular complexity index is 1330. The van der Waals surface area contributed by atoms with E-state index in [4.69, 9.17) is 16.3 Å². The van der Waals surface area contributed by atoms with E-state index in [-0.39, 0.29) is 18.9 Å². The van der Waals surface area contributed by atoms with E-state index < -0.39 is 30.3 Å². The van der Waals surface area contributed by atoms with Crippen LogP contribution in [-0.4, -0.2) is 46.2 Å². The first-order valence-electron chi connectivity index (χ1n) is 11.4. The first kappa shape index (κ1) is 30.0. The summed E-state index contributed by atoms with van der Waals surface area (Å²) >= 11 is 7.16. The van der Waals surface area contributed by atoms with Crippen molar-refractivity contribution >= 4 is 40.8 Å². The molecular weight excluding hydrogens is 563 g/mol. The van der Waals surface area contributed by atoms with Gasteiger partial charge in [0.1, 0.15) is 9.88 Å². The number of ether oxygens (including phenoxy) is 1. The summed E-state index contributed by atoms with van der Waals surface area (Å²) in [5, 5.41) is 4.03. The number of hydrogen-bond acceptors (Lipinski definition) is 9. The lowest BCUT2D eigenvalue weighted by atomic mass is 10.1. The molecule has 0 aliphatic heterocycles. The van der Waals surface area contributed by atoms with Crippen LogP contribution in [0.1, 0.15) is 40.5 Å². The Morgan fingerprint density at radius 3 is 2.44 bits per heavy atom. The summed E-state index contributed by atoms with van der Waals surface area (Å²) < 4.78 is 42.4. The summed E-state index contributed by atoms with van der Waals surface area (Å²) in [7, 11) is 0. The number of thiazole rings is 1. The molecule has 1 aromatic carbocycles. The Morgan fingerprint density at radius 1 is 1.10 bits per heavy atom. The Kier molecular flexibility index (Phi) is 10.0. The molecule has 0 saturated carbocycles. The second-order valence-corrected chi connectivity index (χ2v) is 9.86. The number of hydrogen-bond donors (Lipinski definition) is 1. The second kappa shape index (κ2) is 13.0. The summed E-state index contributed by atoms with van der Waals surface area (Å²) in [6.07, 6.45) is -5.88. The van der Waals surface area contributed by atoms with Crippen LogP contribution in [0.2, 0.25) is 5.02 Å². The average Bonchev–Trinajstić information content (AvgIpc) is 3.26. The van der Waals surface area contributed by atoms with Crippen molar-refractivity contribution in [3.05, 3.63) is 69.4 Å². The molecule has 9 nitrogen and oxygen atoms in total. The van der Waals surface area contributed by atoms with E-state index in [1.54, 1.807) is 45.0 Å². The van der Waals surface area contributed by atoms with E-state index in [2.05, 4.69) is 25.1 Å². The van der Waals surface area contributed by atoms with Crippen molar-refractivity contribution in [3.8, 4) is 10.6 Å². The number of rotatable bonds is 9. The minimum Gasteiger partial charge on any atom is -0.363 e. The van der Waals surface area contributed by atoms with Gasteiger partial charge in [-0.05, 0) is 50.6 Å². The molecule has 3 rings (SSSR count). The van der Waals surface area contributed by atoms with Crippen molar-refractivity contribution in [1.29, 1.82) is 0 Å². The molecule has 208 valence electrons. The van der Waals surface area contributed by atoms with E-state index in [0.29, 0.717) is 31.9 Å². The topological polar surface area (TPSA) is 117 Å². The van der Waals surface area contributed by atoms with Crippen LogP contribution in [-0.2, 0) is 37.1 Å². The molecule has 0 radical (unpaired) electrons. The molecule has 1 amide bonds. The third-order valence-electron chi connectivity index (χ3n) is 4.96. The van der Waals surface area contributed by atoms with Gasteiger partial charge in [-0.2, -0.15) is 13.2 Å². The van der Waals surface area contributed by atoms with Crippen molar-refractivity contribution < 1.29 is 42.1 Å². The fraction of sp³-hybridized carbons (Fsp3) is 0.320. The lowest BCUT2D eigenvalue weighted by Gasteiger charge is -2.18. The van der Waals surface area contributed by atoms with Gasteiger partial charge in [0.25, 0.3) is 5.91 Å². The van der Waals surface area contributed by atoms with Gasteiger partial charge in [0, 0.05) is 23.2 Å². The molecule has 1 unspecified atom stereocenters. The highest BCUT2D eigenvalue weighted by Crippen LogP contribution is 2.29. The predicted octanol–water partition coefficient (Wildman–Crippen LogP) is 5.00. The molecule has 0 spiro atoms. The lowest BCUT2D eigenvalue weighted by molar-refractivity contribution is -0.290. The summed E-state index contributed by atoms with van der Waals surface area (Å²) in [6.45, 7) is 4.98. The van der Waals surface area contributed by atoms with Crippen LogP contribution in [0.25, 0.3) is 10.6 Å². The van der Waals surface area contributed by atoms with Gasteiger partial charge in [0.05, 0.1) is 24.0 Å². The fourth-order valence-corrected chi connectivity index (χ4v) is 4.35. The number of alkyl halides is 3. The molecule has 0 saturated heterocycles. The van der Waals surface area contributed by atoms with Crippen molar-refractivity contribution in [2.45, 2.75) is 52.1 Å². The SMILES string of the molecule is Cc1nc(-c2ccc(Cl)cc2)sc1C(=O)NCc1cc(CC(OC(C)C)C(=O)OOC(=O)C(F)(F)F)ccn1. The van der Waals surface area contributed by atoms with Gasteiger partial charge < -0.3 is 10.1 Å². The predicted molar refractivity (Wildman–Crippen MR) is 135 cm³/mol. The van der Waals surface area contributed by atoms with Crippen molar-refractivity contribution in [2.24, 2.45) is 0 Å². The second-order valence-electron chi connectivity index (χ2n) is 8.43. The lowest BCUT2D eigenvalue weighted by Crippen LogP contribution is -2.34. The third-order valence-corrected chi connectivity index (χ3v) is 6.41. The van der Waals surface area contributed by atoms with Gasteiger partial charge in [0.2, 0.25) is 0 Å². The van der Waals surface area contributed by atoms with Crippen LogP contribution in [0.15, 0.2) is 42.6 Å². The number of carbonyl (C=O) groups excluding carboxylic acids is 3. The maximum atomic E-state index is 12.8. The van der Waals surface area contributed by atoms with E-state index >= 15 is 0 Å². The molecule has 0 aliphatic rings. The maximum Gasteiger partial charge on any atom is 0.495 e. The van der Waals surface area contributed by atoms with Crippen LogP contribution < -0.4 is 5.32 Å². The molecule has 14 heteroatoms. The standard InChI is InChI=1S/C25H23ClF3N3O6S/c1-13(2)36-19(23(34)37-38-24(35)25(27,28)29)11-15-8-9-30-18(10-15)12-31-21(33)20-14(3)32-22(39-20)16-4-6-17(26)7-5-16/h4-10,13,19H,11-12H2,1-3H3,(H,31,33). The Labute approximate surface area is 230 Å². The van der Waals surface area contributed by atoms with E-state index in [9.17, 15) is 27.6 Å². The largest absolute Gasteiger partial charge is 0.495 e. The Balaban J connectivity index is 1.64. The van der Waals surface area contributed by atoms with Gasteiger partial charge in [-0.25, -0.2) is 24.3 Å². The zero-order valence-electron chi connectivity index (χ0n) is 20.9. The molecular formula is C25H23ClF3N3O6S. The molecule has 0 aliphatic carbocycles. The summed E-state index contributed by atoms with van der Waals surface area (Å²) in [6, 6.07) is 10.2. The van der Waals surface area contributed by atoms with Gasteiger partial charge in [-0.1, -0.05) is 23.7 Å². The number of halogens is 4. The summed E-state index contributed by atoms with van der Waals surface area (Å²) in [4.78, 5) is 52.6. The van der Waals surface area contributed by atoms with Gasteiger partial charge in [-0.3, -0.25) is 9.78 Å². The van der Waals surface area contributed by atoms with Crippen LogP contribution in [0.4, 0.5) is 13.2 Å². The summed E-state index contributed by atoms with van der Waals surface area (Å²) in [5.74, 6) is -4.34. The van der Waals surface area contributed by atoms with Gasteiger partial charge in [-0.15, -0.1) is 11.3 Å². The first-order chi connectivity index (χ1) is 18.3. The van der Waals surface area contributed by atoms with Crippen LogP contribution in [0.3, 0.4) is 0 Å². The van der Waals surface area contributed by atoms with Gasteiger partial charge in [0.15, 0.2) is 6.10 Å². The zero-order chi connectivity index (χ0) is 28.7. The molecule has 1 N–H and O–H groups in total. The smallest absolute Gasteiger partial charge is 0.363 e. The van der Waals surface area contributed by atoms with Crippen LogP contribution in [0, 0.1) is 6.92 Å². The molecule has 3 aromatic rings. The highest BCUT2D eigenvalue weighted by molar-refractivity contribution is 7.17.